The molecule has 1 heterocycles. The molecule has 1 saturated heterocycles. The maximum atomic E-state index is 12.3. The van der Waals surface area contributed by atoms with Gasteiger partial charge < -0.3 is 15.4 Å². The van der Waals surface area contributed by atoms with Crippen molar-refractivity contribution in [2.75, 3.05) is 13.7 Å². The van der Waals surface area contributed by atoms with Gasteiger partial charge in [0.05, 0.1) is 5.92 Å². The minimum absolute atomic E-state index is 0.0848. The van der Waals surface area contributed by atoms with Crippen molar-refractivity contribution in [1.82, 2.24) is 4.90 Å². The molecular formula is C12H22N2O3. The minimum Gasteiger partial charge on any atom is -0.369 e. The van der Waals surface area contributed by atoms with Gasteiger partial charge in [-0.1, -0.05) is 0 Å². The van der Waals surface area contributed by atoms with E-state index in [4.69, 9.17) is 10.5 Å². The molecule has 2 atom stereocenters. The zero-order valence-corrected chi connectivity index (χ0v) is 11.0. The van der Waals surface area contributed by atoms with E-state index < -0.39 is 5.60 Å². The third-order valence-electron chi connectivity index (χ3n) is 3.57. The summed E-state index contributed by atoms with van der Waals surface area (Å²) >= 11 is 0. The zero-order valence-electron chi connectivity index (χ0n) is 11.0. The normalized spacial score (nSPS) is 25.8. The number of ether oxygens (including phenoxy) is 1. The topological polar surface area (TPSA) is 72.6 Å². The first-order valence-electron chi connectivity index (χ1n) is 5.95. The van der Waals surface area contributed by atoms with E-state index in [1.165, 1.54) is 7.11 Å². The Labute approximate surface area is 102 Å². The fourth-order valence-corrected chi connectivity index (χ4v) is 2.06. The number of amides is 2. The van der Waals surface area contributed by atoms with E-state index in [2.05, 4.69) is 0 Å². The van der Waals surface area contributed by atoms with Crippen LogP contribution in [-0.4, -0.2) is 42.0 Å². The molecule has 5 nitrogen and oxygen atoms in total. The molecule has 5 heteroatoms. The van der Waals surface area contributed by atoms with E-state index >= 15 is 0 Å². The molecule has 2 unspecified atom stereocenters. The summed E-state index contributed by atoms with van der Waals surface area (Å²) < 4.78 is 5.19. The number of hydrogen-bond donors (Lipinski definition) is 1. The average Bonchev–Trinajstić information content (AvgIpc) is 2.28. The van der Waals surface area contributed by atoms with Gasteiger partial charge >= 0.3 is 0 Å². The Balaban J connectivity index is 2.80. The lowest BCUT2D eigenvalue weighted by Gasteiger charge is -2.40. The van der Waals surface area contributed by atoms with Crippen molar-refractivity contribution in [2.24, 2.45) is 11.7 Å². The second-order valence-electron chi connectivity index (χ2n) is 5.20. The maximum absolute atomic E-state index is 12.3. The van der Waals surface area contributed by atoms with E-state index in [1.807, 2.05) is 6.92 Å². The van der Waals surface area contributed by atoms with Crippen LogP contribution in [0.3, 0.4) is 0 Å². The number of hydrogen-bond acceptors (Lipinski definition) is 3. The smallest absolute Gasteiger partial charge is 0.254 e. The van der Waals surface area contributed by atoms with E-state index in [0.29, 0.717) is 6.54 Å². The Morgan fingerprint density at radius 1 is 1.35 bits per heavy atom. The van der Waals surface area contributed by atoms with Gasteiger partial charge in [-0.05, 0) is 33.6 Å². The van der Waals surface area contributed by atoms with E-state index in [9.17, 15) is 9.59 Å². The molecule has 0 aromatic rings. The summed E-state index contributed by atoms with van der Waals surface area (Å²) in [5, 5.41) is 0. The molecule has 1 aliphatic heterocycles. The molecule has 0 spiro atoms. The molecule has 2 N–H and O–H groups in total. The Morgan fingerprint density at radius 3 is 2.41 bits per heavy atom. The summed E-state index contributed by atoms with van der Waals surface area (Å²) in [6.45, 7) is 5.86. The van der Waals surface area contributed by atoms with Crippen molar-refractivity contribution in [3.05, 3.63) is 0 Å². The molecule has 98 valence electrons. The quantitative estimate of drug-likeness (QED) is 0.784. The lowest BCUT2D eigenvalue weighted by atomic mass is 9.91. The molecule has 17 heavy (non-hydrogen) atoms. The van der Waals surface area contributed by atoms with Crippen LogP contribution in [-0.2, 0) is 14.3 Å². The van der Waals surface area contributed by atoms with Gasteiger partial charge in [0.2, 0.25) is 5.91 Å². The van der Waals surface area contributed by atoms with Crippen LogP contribution in [0.25, 0.3) is 0 Å². The summed E-state index contributed by atoms with van der Waals surface area (Å²) in [5.41, 5.74) is 4.46. The van der Waals surface area contributed by atoms with Crippen LogP contribution in [0.1, 0.15) is 33.6 Å². The second kappa shape index (κ2) is 5.04. The summed E-state index contributed by atoms with van der Waals surface area (Å²) in [6, 6.07) is 0.132. The molecule has 1 fully saturated rings. The average molecular weight is 242 g/mol. The van der Waals surface area contributed by atoms with Crippen LogP contribution in [0.15, 0.2) is 0 Å². The number of carbonyl (C=O) groups excluding carboxylic acids is 2. The molecular weight excluding hydrogens is 220 g/mol. The van der Waals surface area contributed by atoms with Crippen molar-refractivity contribution in [2.45, 2.75) is 45.3 Å². The minimum atomic E-state index is -0.853. The number of nitrogens with two attached hydrogens (primary N) is 1. The first-order chi connectivity index (χ1) is 7.79. The van der Waals surface area contributed by atoms with E-state index in [1.54, 1.807) is 18.7 Å². The summed E-state index contributed by atoms with van der Waals surface area (Å²) in [4.78, 5) is 25.2. The number of primary amides is 1. The predicted octanol–water partition coefficient (Wildman–Crippen LogP) is 0.524. The third-order valence-corrected chi connectivity index (χ3v) is 3.57. The third kappa shape index (κ3) is 2.97. The fourth-order valence-electron chi connectivity index (χ4n) is 2.06. The molecule has 1 rings (SSSR count). The molecule has 0 aromatic carbocycles. The zero-order chi connectivity index (χ0) is 13.2. The number of likely N-dealkylation sites (tertiary alicyclic amines) is 1. The molecule has 1 aliphatic rings. The number of methoxy groups -OCH3 is 1. The van der Waals surface area contributed by atoms with Gasteiger partial charge in [0.15, 0.2) is 0 Å². The predicted molar refractivity (Wildman–Crippen MR) is 64.2 cm³/mol. The maximum Gasteiger partial charge on any atom is 0.254 e. The van der Waals surface area contributed by atoms with Gasteiger partial charge in [-0.25, -0.2) is 0 Å². The van der Waals surface area contributed by atoms with Crippen LogP contribution in [0.2, 0.25) is 0 Å². The highest BCUT2D eigenvalue weighted by Crippen LogP contribution is 2.25. The molecule has 0 saturated carbocycles. The summed E-state index contributed by atoms with van der Waals surface area (Å²) in [7, 11) is 1.51. The van der Waals surface area contributed by atoms with Crippen LogP contribution < -0.4 is 5.73 Å². The number of nitrogens with zero attached hydrogens (tertiary/aromatic N) is 1. The van der Waals surface area contributed by atoms with Crippen LogP contribution in [0.5, 0.6) is 0 Å². The van der Waals surface area contributed by atoms with Crippen LogP contribution in [0.4, 0.5) is 0 Å². The van der Waals surface area contributed by atoms with Gasteiger partial charge in [-0.3, -0.25) is 9.59 Å². The van der Waals surface area contributed by atoms with Gasteiger partial charge in [-0.2, -0.15) is 0 Å². The molecule has 0 bridgehead atoms. The number of piperidine rings is 1. The van der Waals surface area contributed by atoms with Crippen LogP contribution in [0, 0.1) is 5.92 Å². The Bertz CT molecular complexity index is 315. The van der Waals surface area contributed by atoms with Gasteiger partial charge in [0, 0.05) is 19.7 Å². The number of carbonyl (C=O) groups is 2. The lowest BCUT2D eigenvalue weighted by molar-refractivity contribution is -0.156. The van der Waals surface area contributed by atoms with E-state index in [-0.39, 0.29) is 23.8 Å². The largest absolute Gasteiger partial charge is 0.369 e. The number of rotatable bonds is 3. The summed E-state index contributed by atoms with van der Waals surface area (Å²) in [6.07, 6.45) is 1.56. The lowest BCUT2D eigenvalue weighted by Crippen LogP contribution is -2.55. The Morgan fingerprint density at radius 2 is 1.94 bits per heavy atom. The monoisotopic (exact) mass is 242 g/mol. The highest BCUT2D eigenvalue weighted by Gasteiger charge is 2.38. The van der Waals surface area contributed by atoms with Gasteiger partial charge in [0.25, 0.3) is 5.91 Å². The van der Waals surface area contributed by atoms with Crippen molar-refractivity contribution in [3.8, 4) is 0 Å². The Hall–Kier alpha value is -1.10. The van der Waals surface area contributed by atoms with Crippen molar-refractivity contribution in [1.29, 1.82) is 0 Å². The Kier molecular flexibility index (Phi) is 4.14. The first kappa shape index (κ1) is 14.0. The molecule has 0 radical (unpaired) electrons. The van der Waals surface area contributed by atoms with Crippen molar-refractivity contribution < 1.29 is 14.3 Å². The van der Waals surface area contributed by atoms with Crippen LogP contribution >= 0.6 is 0 Å². The standard InChI is InChI=1S/C12H22N2O3/c1-8-5-6-9(10(13)15)7-14(8)11(16)12(2,3)17-4/h8-9H,5-7H2,1-4H3,(H2,13,15). The molecule has 0 aliphatic carbocycles. The van der Waals surface area contributed by atoms with Crippen molar-refractivity contribution in [3.63, 3.8) is 0 Å². The van der Waals surface area contributed by atoms with Crippen molar-refractivity contribution >= 4 is 11.8 Å². The molecule has 0 aromatic heterocycles. The van der Waals surface area contributed by atoms with E-state index in [0.717, 1.165) is 12.8 Å². The van der Waals surface area contributed by atoms with Gasteiger partial charge in [-0.15, -0.1) is 0 Å². The first-order valence-corrected chi connectivity index (χ1v) is 5.95. The fraction of sp³-hybridized carbons (Fsp3) is 0.833. The molecule has 2 amide bonds. The second-order valence-corrected chi connectivity index (χ2v) is 5.20. The SMILES string of the molecule is COC(C)(C)C(=O)N1CC(C(N)=O)CCC1C. The van der Waals surface area contributed by atoms with Gasteiger partial charge in [0.1, 0.15) is 5.60 Å². The highest BCUT2D eigenvalue weighted by atomic mass is 16.5. The summed E-state index contributed by atoms with van der Waals surface area (Å²) in [5.74, 6) is -0.647. The highest BCUT2D eigenvalue weighted by molar-refractivity contribution is 5.86.